The average Bonchev–Trinajstić information content (AvgIpc) is 3.19. The van der Waals surface area contributed by atoms with E-state index in [0.29, 0.717) is 31.9 Å². The smallest absolute Gasteiger partial charge is 0.272 e. The SMILES string of the molecule is CCn1nc(C)cc1C(=O)N1C[C@@H]2CC[C@H](C1)N(Cc1cscn1)C2=O. The molecule has 0 aliphatic carbocycles. The highest BCUT2D eigenvalue weighted by Gasteiger charge is 2.42. The highest BCUT2D eigenvalue weighted by molar-refractivity contribution is 7.07. The minimum absolute atomic E-state index is 0.0207. The number of amides is 2. The molecule has 26 heavy (non-hydrogen) atoms. The van der Waals surface area contributed by atoms with E-state index >= 15 is 0 Å². The highest BCUT2D eigenvalue weighted by atomic mass is 32.1. The Bertz CT molecular complexity index is 816. The lowest BCUT2D eigenvalue weighted by atomic mass is 9.94. The van der Waals surface area contributed by atoms with Gasteiger partial charge < -0.3 is 9.80 Å². The van der Waals surface area contributed by atoms with Gasteiger partial charge in [-0.15, -0.1) is 11.3 Å². The number of aryl methyl sites for hydroxylation is 2. The quantitative estimate of drug-likeness (QED) is 0.821. The third kappa shape index (κ3) is 3.02. The molecule has 7 nitrogen and oxygen atoms in total. The molecule has 0 unspecified atom stereocenters. The third-order valence-electron chi connectivity index (χ3n) is 5.32. The van der Waals surface area contributed by atoms with Crippen LogP contribution in [0.5, 0.6) is 0 Å². The van der Waals surface area contributed by atoms with Gasteiger partial charge in [-0.05, 0) is 32.8 Å². The second kappa shape index (κ2) is 6.83. The van der Waals surface area contributed by atoms with E-state index in [1.807, 2.05) is 35.1 Å². The molecule has 5 heterocycles. The molecule has 3 fully saturated rings. The van der Waals surface area contributed by atoms with E-state index in [2.05, 4.69) is 10.1 Å². The minimum atomic E-state index is -0.115. The Morgan fingerprint density at radius 2 is 2.19 bits per heavy atom. The van der Waals surface area contributed by atoms with Gasteiger partial charge in [-0.25, -0.2) is 4.98 Å². The summed E-state index contributed by atoms with van der Waals surface area (Å²) in [7, 11) is 0. The van der Waals surface area contributed by atoms with Gasteiger partial charge in [0.05, 0.1) is 29.4 Å². The van der Waals surface area contributed by atoms with Gasteiger partial charge in [-0.2, -0.15) is 5.10 Å². The maximum atomic E-state index is 13.1. The van der Waals surface area contributed by atoms with Crippen LogP contribution in [0.15, 0.2) is 17.0 Å². The largest absolute Gasteiger partial charge is 0.334 e. The number of carbonyl (C=O) groups is 2. The first-order valence-corrected chi connectivity index (χ1v) is 10.0. The average molecular weight is 373 g/mol. The lowest BCUT2D eigenvalue weighted by Crippen LogP contribution is -2.47. The summed E-state index contributed by atoms with van der Waals surface area (Å²) >= 11 is 1.54. The molecule has 0 N–H and O–H groups in total. The number of rotatable bonds is 4. The number of nitrogens with zero attached hydrogens (tertiary/aromatic N) is 5. The molecule has 5 rings (SSSR count). The first-order valence-electron chi connectivity index (χ1n) is 9.08. The second-order valence-electron chi connectivity index (χ2n) is 7.07. The van der Waals surface area contributed by atoms with Crippen LogP contribution < -0.4 is 0 Å². The number of thiazole rings is 1. The van der Waals surface area contributed by atoms with Crippen LogP contribution in [0.4, 0.5) is 0 Å². The molecule has 0 radical (unpaired) electrons. The van der Waals surface area contributed by atoms with Crippen LogP contribution in [0.1, 0.15) is 41.6 Å². The van der Waals surface area contributed by atoms with Gasteiger partial charge >= 0.3 is 0 Å². The molecule has 2 bridgehead atoms. The summed E-state index contributed by atoms with van der Waals surface area (Å²) in [6.45, 7) is 6.15. The van der Waals surface area contributed by atoms with Crippen molar-refractivity contribution in [3.05, 3.63) is 34.0 Å². The van der Waals surface area contributed by atoms with Crippen molar-refractivity contribution in [3.8, 4) is 0 Å². The fourth-order valence-corrected chi connectivity index (χ4v) is 4.57. The van der Waals surface area contributed by atoms with Gasteiger partial charge in [-0.3, -0.25) is 14.3 Å². The standard InChI is InChI=1S/C18H23N5O2S/c1-3-23-16(6-12(2)20-23)18(25)21-7-13-4-5-15(9-21)22(17(13)24)8-14-10-26-11-19-14/h6,10-11,13,15H,3-5,7-9H2,1-2H3/t13-,15+/m0/s1. The predicted octanol–water partition coefficient (Wildman–Crippen LogP) is 1.93. The van der Waals surface area contributed by atoms with Crippen molar-refractivity contribution in [1.82, 2.24) is 24.6 Å². The normalized spacial score (nSPS) is 22.8. The van der Waals surface area contributed by atoms with E-state index in [1.54, 1.807) is 21.5 Å². The van der Waals surface area contributed by atoms with Crippen LogP contribution in [0.25, 0.3) is 0 Å². The van der Waals surface area contributed by atoms with Crippen molar-refractivity contribution in [2.24, 2.45) is 5.92 Å². The van der Waals surface area contributed by atoms with Gasteiger partial charge in [0.1, 0.15) is 5.69 Å². The van der Waals surface area contributed by atoms with Gasteiger partial charge in [0.15, 0.2) is 0 Å². The maximum Gasteiger partial charge on any atom is 0.272 e. The molecule has 8 heteroatoms. The van der Waals surface area contributed by atoms with Gasteiger partial charge in [0.2, 0.25) is 5.91 Å². The Morgan fingerprint density at radius 3 is 2.92 bits per heavy atom. The van der Waals surface area contributed by atoms with Gasteiger partial charge in [0.25, 0.3) is 5.91 Å². The Hall–Kier alpha value is -2.22. The molecule has 3 aliphatic rings. The van der Waals surface area contributed by atoms with E-state index in [1.165, 1.54) is 0 Å². The zero-order chi connectivity index (χ0) is 18.3. The van der Waals surface area contributed by atoms with E-state index in [0.717, 1.165) is 24.2 Å². The first-order chi connectivity index (χ1) is 12.6. The molecule has 0 aromatic carbocycles. The van der Waals surface area contributed by atoms with Crippen molar-refractivity contribution in [3.63, 3.8) is 0 Å². The Labute approximate surface area is 156 Å². The number of hydrogen-bond donors (Lipinski definition) is 0. The monoisotopic (exact) mass is 373 g/mol. The topological polar surface area (TPSA) is 71.3 Å². The lowest BCUT2D eigenvalue weighted by molar-refractivity contribution is -0.140. The van der Waals surface area contributed by atoms with E-state index < -0.39 is 0 Å². The number of aromatic nitrogens is 3. The van der Waals surface area contributed by atoms with Crippen LogP contribution in [-0.2, 0) is 17.9 Å². The van der Waals surface area contributed by atoms with Crippen molar-refractivity contribution in [1.29, 1.82) is 0 Å². The van der Waals surface area contributed by atoms with Crippen LogP contribution in [-0.4, -0.2) is 55.5 Å². The maximum absolute atomic E-state index is 13.1. The number of fused-ring (bicyclic) bond motifs is 4. The molecular weight excluding hydrogens is 350 g/mol. The number of piperidine rings is 1. The summed E-state index contributed by atoms with van der Waals surface area (Å²) in [5, 5.41) is 6.37. The summed E-state index contributed by atoms with van der Waals surface area (Å²) in [4.78, 5) is 34.1. The molecule has 0 spiro atoms. The second-order valence-corrected chi connectivity index (χ2v) is 7.79. The molecule has 2 amide bonds. The number of carbonyl (C=O) groups excluding carboxylic acids is 2. The summed E-state index contributed by atoms with van der Waals surface area (Å²) in [6, 6.07) is 1.90. The number of hydrogen-bond acceptors (Lipinski definition) is 5. The summed E-state index contributed by atoms with van der Waals surface area (Å²) in [5.74, 6) is 0.0211. The van der Waals surface area contributed by atoms with Crippen LogP contribution in [0, 0.1) is 12.8 Å². The van der Waals surface area contributed by atoms with Gasteiger partial charge in [-0.1, -0.05) is 0 Å². The van der Waals surface area contributed by atoms with Crippen LogP contribution in [0.2, 0.25) is 0 Å². The summed E-state index contributed by atoms with van der Waals surface area (Å²) in [5.41, 5.74) is 4.17. The van der Waals surface area contributed by atoms with Gasteiger partial charge in [0, 0.05) is 31.1 Å². The predicted molar refractivity (Wildman–Crippen MR) is 97.7 cm³/mol. The molecular formula is C18H23N5O2S. The minimum Gasteiger partial charge on any atom is -0.334 e. The van der Waals surface area contributed by atoms with E-state index in [9.17, 15) is 9.59 Å². The van der Waals surface area contributed by atoms with Crippen molar-refractivity contribution >= 4 is 23.2 Å². The zero-order valence-electron chi connectivity index (χ0n) is 15.1. The summed E-state index contributed by atoms with van der Waals surface area (Å²) < 4.78 is 1.75. The molecule has 0 saturated carbocycles. The molecule has 3 saturated heterocycles. The first kappa shape index (κ1) is 17.2. The van der Waals surface area contributed by atoms with Crippen molar-refractivity contribution in [2.45, 2.75) is 45.8 Å². The molecule has 2 aromatic rings. The fourth-order valence-electron chi connectivity index (χ4n) is 4.03. The van der Waals surface area contributed by atoms with Crippen molar-refractivity contribution in [2.75, 3.05) is 13.1 Å². The molecule has 138 valence electrons. The highest BCUT2D eigenvalue weighted by Crippen LogP contribution is 2.31. The lowest BCUT2D eigenvalue weighted by Gasteiger charge is -2.35. The summed E-state index contributed by atoms with van der Waals surface area (Å²) in [6.07, 6.45) is 1.79. The van der Waals surface area contributed by atoms with Crippen LogP contribution >= 0.6 is 11.3 Å². The molecule has 2 atom stereocenters. The Morgan fingerprint density at radius 1 is 1.35 bits per heavy atom. The fraction of sp³-hybridized carbons (Fsp3) is 0.556. The third-order valence-corrected chi connectivity index (χ3v) is 5.95. The van der Waals surface area contributed by atoms with Crippen LogP contribution in [0.3, 0.4) is 0 Å². The Balaban J connectivity index is 1.57. The van der Waals surface area contributed by atoms with Crippen molar-refractivity contribution < 1.29 is 9.59 Å². The van der Waals surface area contributed by atoms with E-state index in [4.69, 9.17) is 0 Å². The zero-order valence-corrected chi connectivity index (χ0v) is 15.9. The molecule has 3 aliphatic heterocycles. The molecule has 2 aromatic heterocycles. The van der Waals surface area contributed by atoms with E-state index in [-0.39, 0.29) is 23.8 Å². The Kier molecular flexibility index (Phi) is 4.52.